The first-order valence-corrected chi connectivity index (χ1v) is 10.8. The summed E-state index contributed by atoms with van der Waals surface area (Å²) in [6, 6.07) is 13.1. The third-order valence-electron chi connectivity index (χ3n) is 5.13. The average Bonchev–Trinajstić information content (AvgIpc) is 3.22. The van der Waals surface area contributed by atoms with Gasteiger partial charge in [-0.2, -0.15) is 13.2 Å². The Morgan fingerprint density at radius 1 is 1.09 bits per heavy atom. The lowest BCUT2D eigenvalue weighted by Crippen LogP contribution is -2.27. The van der Waals surface area contributed by atoms with Crippen molar-refractivity contribution in [3.05, 3.63) is 88.6 Å². The van der Waals surface area contributed by atoms with E-state index in [1.165, 1.54) is 12.3 Å². The van der Waals surface area contributed by atoms with Gasteiger partial charge in [-0.3, -0.25) is 9.69 Å². The molecule has 1 amide bonds. The second-order valence-electron chi connectivity index (χ2n) is 8.50. The number of benzene rings is 2. The van der Waals surface area contributed by atoms with Crippen molar-refractivity contribution in [2.75, 3.05) is 6.54 Å². The molecule has 0 atom stereocenters. The summed E-state index contributed by atoms with van der Waals surface area (Å²) in [5, 5.41) is 2.79. The third-order valence-corrected chi connectivity index (χ3v) is 5.13. The lowest BCUT2D eigenvalue weighted by Gasteiger charge is -2.22. The number of hydrogen-bond donors (Lipinski definition) is 1. The number of halogens is 3. The first-order valence-electron chi connectivity index (χ1n) is 10.8. The number of alkyl halides is 3. The zero-order valence-corrected chi connectivity index (χ0v) is 18.9. The van der Waals surface area contributed by atoms with E-state index < -0.39 is 11.7 Å². The van der Waals surface area contributed by atoms with Crippen molar-refractivity contribution in [1.82, 2.24) is 15.2 Å². The van der Waals surface area contributed by atoms with Gasteiger partial charge in [-0.05, 0) is 35.6 Å². The molecule has 1 N–H and O–H groups in total. The van der Waals surface area contributed by atoms with Crippen molar-refractivity contribution in [3.8, 4) is 0 Å². The van der Waals surface area contributed by atoms with E-state index >= 15 is 0 Å². The van der Waals surface area contributed by atoms with E-state index in [1.807, 2.05) is 49.9 Å². The van der Waals surface area contributed by atoms with Gasteiger partial charge in [-0.1, -0.05) is 56.3 Å². The second-order valence-corrected chi connectivity index (χ2v) is 8.50. The Morgan fingerprint density at radius 2 is 1.85 bits per heavy atom. The minimum absolute atomic E-state index is 0.181. The molecule has 5 nitrogen and oxygen atoms in total. The van der Waals surface area contributed by atoms with Crippen LogP contribution in [0.15, 0.2) is 59.2 Å². The molecule has 0 bridgehead atoms. The van der Waals surface area contributed by atoms with Crippen molar-refractivity contribution in [1.29, 1.82) is 0 Å². The van der Waals surface area contributed by atoms with Crippen molar-refractivity contribution < 1.29 is 22.4 Å². The quantitative estimate of drug-likeness (QED) is 0.453. The molecule has 0 aliphatic heterocycles. The molecule has 3 aromatic rings. The normalized spacial score (nSPS) is 11.9. The van der Waals surface area contributed by atoms with Crippen LogP contribution in [0.25, 0.3) is 0 Å². The van der Waals surface area contributed by atoms with Gasteiger partial charge < -0.3 is 9.73 Å². The Labute approximate surface area is 191 Å². The van der Waals surface area contributed by atoms with E-state index in [0.29, 0.717) is 30.5 Å². The van der Waals surface area contributed by atoms with E-state index in [0.717, 1.165) is 23.3 Å². The van der Waals surface area contributed by atoms with Crippen molar-refractivity contribution in [2.45, 2.75) is 46.6 Å². The Bertz CT molecular complexity index is 1080. The van der Waals surface area contributed by atoms with Gasteiger partial charge in [0.1, 0.15) is 6.26 Å². The van der Waals surface area contributed by atoms with Crippen LogP contribution in [0.2, 0.25) is 0 Å². The molecule has 0 fully saturated rings. The standard InChI is InChI=1S/C25H28F3N3O2/c1-17(2)12-29-24(32)22-16-33-23(30-22)15-31(14-20-9-5-4-7-18(20)3)13-19-8-6-10-21(11-19)25(26,27)28/h4-11,16-17H,12-15H2,1-3H3,(H,29,32). The minimum Gasteiger partial charge on any atom is -0.447 e. The summed E-state index contributed by atoms with van der Waals surface area (Å²) in [6.07, 6.45) is -3.10. The van der Waals surface area contributed by atoms with Gasteiger partial charge in [0, 0.05) is 19.6 Å². The lowest BCUT2D eigenvalue weighted by atomic mass is 10.1. The highest BCUT2D eigenvalue weighted by molar-refractivity contribution is 5.91. The van der Waals surface area contributed by atoms with Crippen LogP contribution in [0.4, 0.5) is 13.2 Å². The number of nitrogens with zero attached hydrogens (tertiary/aromatic N) is 2. The smallest absolute Gasteiger partial charge is 0.416 e. The molecule has 0 aliphatic carbocycles. The number of carbonyl (C=O) groups is 1. The molecular weight excluding hydrogens is 431 g/mol. The van der Waals surface area contributed by atoms with Crippen LogP contribution in [-0.2, 0) is 25.8 Å². The van der Waals surface area contributed by atoms with Crippen LogP contribution in [0.1, 0.15) is 52.5 Å². The van der Waals surface area contributed by atoms with Gasteiger partial charge >= 0.3 is 6.18 Å². The van der Waals surface area contributed by atoms with Crippen LogP contribution >= 0.6 is 0 Å². The summed E-state index contributed by atoms with van der Waals surface area (Å²) in [7, 11) is 0. The maximum absolute atomic E-state index is 13.2. The highest BCUT2D eigenvalue weighted by Gasteiger charge is 2.30. The minimum atomic E-state index is -4.41. The monoisotopic (exact) mass is 459 g/mol. The molecule has 8 heteroatoms. The van der Waals surface area contributed by atoms with Gasteiger partial charge in [0.15, 0.2) is 5.69 Å². The Morgan fingerprint density at radius 3 is 2.55 bits per heavy atom. The number of aryl methyl sites for hydroxylation is 1. The number of aromatic nitrogens is 1. The molecule has 1 heterocycles. The second kappa shape index (κ2) is 10.7. The molecule has 0 saturated heterocycles. The zero-order valence-electron chi connectivity index (χ0n) is 18.9. The summed E-state index contributed by atoms with van der Waals surface area (Å²) in [4.78, 5) is 18.5. The molecule has 3 rings (SSSR count). The fourth-order valence-electron chi connectivity index (χ4n) is 3.37. The highest BCUT2D eigenvalue weighted by atomic mass is 19.4. The summed E-state index contributed by atoms with van der Waals surface area (Å²) in [5.41, 5.74) is 2.15. The van der Waals surface area contributed by atoms with Crippen molar-refractivity contribution in [2.24, 2.45) is 5.92 Å². The summed E-state index contributed by atoms with van der Waals surface area (Å²) >= 11 is 0. The number of hydrogen-bond acceptors (Lipinski definition) is 4. The van der Waals surface area contributed by atoms with E-state index in [1.54, 1.807) is 6.07 Å². The lowest BCUT2D eigenvalue weighted by molar-refractivity contribution is -0.137. The van der Waals surface area contributed by atoms with E-state index in [2.05, 4.69) is 10.3 Å². The fourth-order valence-corrected chi connectivity index (χ4v) is 3.37. The number of oxazole rings is 1. The molecule has 0 spiro atoms. The first-order chi connectivity index (χ1) is 15.6. The number of amides is 1. The van der Waals surface area contributed by atoms with Crippen molar-refractivity contribution >= 4 is 5.91 Å². The third kappa shape index (κ3) is 7.18. The molecule has 0 radical (unpaired) electrons. The summed E-state index contributed by atoms with van der Waals surface area (Å²) < 4.78 is 45.0. The fraction of sp³-hybridized carbons (Fsp3) is 0.360. The summed E-state index contributed by atoms with van der Waals surface area (Å²) in [5.74, 6) is 0.310. The maximum Gasteiger partial charge on any atom is 0.416 e. The first kappa shape index (κ1) is 24.5. The maximum atomic E-state index is 13.2. The summed E-state index contributed by atoms with van der Waals surface area (Å²) in [6.45, 7) is 7.48. The van der Waals surface area contributed by atoms with Crippen molar-refractivity contribution in [3.63, 3.8) is 0 Å². The largest absolute Gasteiger partial charge is 0.447 e. The topological polar surface area (TPSA) is 58.4 Å². The number of carbonyl (C=O) groups excluding carboxylic acids is 1. The van der Waals surface area contributed by atoms with E-state index in [9.17, 15) is 18.0 Å². The van der Waals surface area contributed by atoms with E-state index in [-0.39, 0.29) is 24.7 Å². The number of rotatable bonds is 9. The highest BCUT2D eigenvalue weighted by Crippen LogP contribution is 2.30. The Kier molecular flexibility index (Phi) is 7.92. The molecular formula is C25H28F3N3O2. The molecule has 33 heavy (non-hydrogen) atoms. The molecule has 176 valence electrons. The molecule has 0 aliphatic rings. The van der Waals surface area contributed by atoms with Gasteiger partial charge in [0.2, 0.25) is 5.89 Å². The molecule has 2 aromatic carbocycles. The van der Waals surface area contributed by atoms with Gasteiger partial charge in [0.05, 0.1) is 12.1 Å². The average molecular weight is 460 g/mol. The predicted octanol–water partition coefficient (Wildman–Crippen LogP) is 5.59. The van der Waals surface area contributed by atoms with Crippen LogP contribution in [-0.4, -0.2) is 22.3 Å². The van der Waals surface area contributed by atoms with Gasteiger partial charge in [-0.25, -0.2) is 4.98 Å². The number of nitrogens with one attached hydrogen (secondary N) is 1. The van der Waals surface area contributed by atoms with Crippen LogP contribution < -0.4 is 5.32 Å². The zero-order chi connectivity index (χ0) is 24.0. The van der Waals surface area contributed by atoms with Crippen LogP contribution in [0, 0.1) is 12.8 Å². The SMILES string of the molecule is Cc1ccccc1CN(Cc1cccc(C(F)(F)F)c1)Cc1nc(C(=O)NCC(C)C)co1. The van der Waals surface area contributed by atoms with Gasteiger partial charge in [0.25, 0.3) is 5.91 Å². The molecule has 0 saturated carbocycles. The van der Waals surface area contributed by atoms with Crippen LogP contribution in [0.3, 0.4) is 0 Å². The van der Waals surface area contributed by atoms with Crippen LogP contribution in [0.5, 0.6) is 0 Å². The Balaban J connectivity index is 1.80. The Hall–Kier alpha value is -3.13. The molecule has 1 aromatic heterocycles. The van der Waals surface area contributed by atoms with Gasteiger partial charge in [-0.15, -0.1) is 0 Å². The van der Waals surface area contributed by atoms with E-state index in [4.69, 9.17) is 4.42 Å². The predicted molar refractivity (Wildman–Crippen MR) is 119 cm³/mol. The molecule has 0 unspecified atom stereocenters.